The van der Waals surface area contributed by atoms with Crippen LogP contribution in [0.25, 0.3) is 22.3 Å². The molecule has 1 N–H and O–H groups in total. The molecule has 0 amide bonds. The van der Waals surface area contributed by atoms with Crippen molar-refractivity contribution in [1.29, 1.82) is 0 Å². The van der Waals surface area contributed by atoms with Gasteiger partial charge in [0, 0.05) is 30.2 Å². The molecule has 1 aromatic heterocycles. The summed E-state index contributed by atoms with van der Waals surface area (Å²) in [4.78, 5) is 21.0. The molecular weight excluding hydrogens is 513 g/mol. The van der Waals surface area contributed by atoms with Crippen molar-refractivity contribution in [2.45, 2.75) is 38.6 Å². The molecule has 0 radical (unpaired) electrons. The third-order valence-corrected chi connectivity index (χ3v) is 7.74. The van der Waals surface area contributed by atoms with Crippen LogP contribution in [-0.2, 0) is 6.54 Å². The van der Waals surface area contributed by atoms with Crippen molar-refractivity contribution in [3.8, 4) is 17.1 Å². The molecule has 2 aliphatic rings. The smallest absolute Gasteiger partial charge is 0.261 e. The van der Waals surface area contributed by atoms with Crippen LogP contribution in [0.4, 0.5) is 4.39 Å². The van der Waals surface area contributed by atoms with Gasteiger partial charge >= 0.3 is 0 Å². The SMILES string of the molecule is O=c1c2cc(Br)ccc2nc(-c2ccc(OCCO)cc2F)n1CC1CCCN(CC2CCC2)C1. The fraction of sp³-hybridized carbons (Fsp3) is 0.481. The minimum Gasteiger partial charge on any atom is -0.491 e. The van der Waals surface area contributed by atoms with E-state index in [1.54, 1.807) is 28.8 Å². The molecule has 1 atom stereocenters. The second-order valence-electron chi connectivity index (χ2n) is 9.79. The summed E-state index contributed by atoms with van der Waals surface area (Å²) >= 11 is 3.46. The first-order chi connectivity index (χ1) is 17.0. The lowest BCUT2D eigenvalue weighted by atomic mass is 9.84. The maximum Gasteiger partial charge on any atom is 0.261 e. The summed E-state index contributed by atoms with van der Waals surface area (Å²) in [5.74, 6) is 1.28. The summed E-state index contributed by atoms with van der Waals surface area (Å²) in [6, 6.07) is 9.95. The van der Waals surface area contributed by atoms with Gasteiger partial charge in [-0.15, -0.1) is 0 Å². The van der Waals surface area contributed by atoms with Gasteiger partial charge in [-0.1, -0.05) is 22.4 Å². The predicted octanol–water partition coefficient (Wildman–Crippen LogP) is 4.85. The number of aliphatic hydroxyl groups is 1. The first-order valence-electron chi connectivity index (χ1n) is 12.5. The molecule has 8 heteroatoms. The molecule has 186 valence electrons. The van der Waals surface area contributed by atoms with Crippen molar-refractivity contribution in [2.75, 3.05) is 32.8 Å². The standard InChI is InChI=1S/C27H31BrFN3O3/c28-20-6-9-25-23(13-20)27(34)32(17-19-5-2-10-31(16-19)15-18-3-1-4-18)26(30-25)22-8-7-21(14-24(22)29)35-12-11-33/h6-9,13-14,18-19,33H,1-5,10-12,15-17H2. The predicted molar refractivity (Wildman–Crippen MR) is 138 cm³/mol. The Morgan fingerprint density at radius 1 is 1.09 bits per heavy atom. The molecule has 1 saturated carbocycles. The van der Waals surface area contributed by atoms with Crippen LogP contribution >= 0.6 is 15.9 Å². The first-order valence-corrected chi connectivity index (χ1v) is 13.3. The summed E-state index contributed by atoms with van der Waals surface area (Å²) < 4.78 is 23.1. The van der Waals surface area contributed by atoms with Crippen LogP contribution in [0.3, 0.4) is 0 Å². The zero-order valence-corrected chi connectivity index (χ0v) is 21.3. The van der Waals surface area contributed by atoms with Gasteiger partial charge in [-0.2, -0.15) is 0 Å². The Balaban J connectivity index is 1.51. The molecular formula is C27H31BrFN3O3. The van der Waals surface area contributed by atoms with Gasteiger partial charge in [0.1, 0.15) is 24.0 Å². The van der Waals surface area contributed by atoms with E-state index in [0.29, 0.717) is 34.9 Å². The van der Waals surface area contributed by atoms with Crippen molar-refractivity contribution in [1.82, 2.24) is 14.5 Å². The van der Waals surface area contributed by atoms with E-state index < -0.39 is 5.82 Å². The van der Waals surface area contributed by atoms with Gasteiger partial charge in [-0.3, -0.25) is 9.36 Å². The van der Waals surface area contributed by atoms with E-state index in [1.807, 2.05) is 6.07 Å². The van der Waals surface area contributed by atoms with Gasteiger partial charge in [-0.25, -0.2) is 9.37 Å². The number of nitrogens with zero attached hydrogens (tertiary/aromatic N) is 3. The van der Waals surface area contributed by atoms with Gasteiger partial charge in [-0.05, 0) is 74.4 Å². The highest BCUT2D eigenvalue weighted by molar-refractivity contribution is 9.10. The van der Waals surface area contributed by atoms with Crippen molar-refractivity contribution < 1.29 is 14.2 Å². The van der Waals surface area contributed by atoms with E-state index in [-0.39, 0.29) is 24.3 Å². The Hall–Kier alpha value is -2.29. The number of aliphatic hydroxyl groups excluding tert-OH is 1. The number of hydrogen-bond acceptors (Lipinski definition) is 5. The molecule has 5 rings (SSSR count). The molecule has 1 saturated heterocycles. The number of benzene rings is 2. The summed E-state index contributed by atoms with van der Waals surface area (Å²) in [7, 11) is 0. The molecule has 3 aromatic rings. The second-order valence-corrected chi connectivity index (χ2v) is 10.7. The fourth-order valence-corrected chi connectivity index (χ4v) is 5.62. The lowest BCUT2D eigenvalue weighted by Crippen LogP contribution is -2.42. The molecule has 1 aliphatic heterocycles. The minimum atomic E-state index is -0.507. The summed E-state index contributed by atoms with van der Waals surface area (Å²) in [6.45, 7) is 3.66. The van der Waals surface area contributed by atoms with Crippen LogP contribution in [0.15, 0.2) is 45.7 Å². The van der Waals surface area contributed by atoms with Crippen LogP contribution in [0.1, 0.15) is 32.1 Å². The Bertz CT molecular complexity index is 1260. The van der Waals surface area contributed by atoms with Gasteiger partial charge in [0.05, 0.1) is 23.1 Å². The summed E-state index contributed by atoms with van der Waals surface area (Å²) in [5.41, 5.74) is 0.660. The first kappa shape index (κ1) is 24.4. The number of aromatic nitrogens is 2. The Labute approximate surface area is 212 Å². The topological polar surface area (TPSA) is 67.6 Å². The van der Waals surface area contributed by atoms with E-state index in [0.717, 1.165) is 42.9 Å². The second kappa shape index (κ2) is 10.8. The average molecular weight is 544 g/mol. The normalized spacial score (nSPS) is 19.1. The summed E-state index contributed by atoms with van der Waals surface area (Å²) in [5, 5.41) is 9.50. The lowest BCUT2D eigenvalue weighted by molar-refractivity contribution is 0.117. The van der Waals surface area contributed by atoms with E-state index in [2.05, 4.69) is 20.8 Å². The van der Waals surface area contributed by atoms with Gasteiger partial charge in [0.25, 0.3) is 5.56 Å². The molecule has 6 nitrogen and oxygen atoms in total. The van der Waals surface area contributed by atoms with Crippen molar-refractivity contribution in [3.05, 3.63) is 57.0 Å². The molecule has 35 heavy (non-hydrogen) atoms. The monoisotopic (exact) mass is 543 g/mol. The van der Waals surface area contributed by atoms with Crippen LogP contribution < -0.4 is 10.3 Å². The minimum absolute atomic E-state index is 0.0889. The zero-order chi connectivity index (χ0) is 24.4. The number of halogens is 2. The molecule has 2 fully saturated rings. The van der Waals surface area contributed by atoms with Crippen molar-refractivity contribution >= 4 is 26.8 Å². The molecule has 2 aromatic carbocycles. The highest BCUT2D eigenvalue weighted by atomic mass is 79.9. The Morgan fingerprint density at radius 3 is 2.66 bits per heavy atom. The maximum atomic E-state index is 15.3. The van der Waals surface area contributed by atoms with Crippen LogP contribution in [0, 0.1) is 17.7 Å². The van der Waals surface area contributed by atoms with Gasteiger partial charge in [0.15, 0.2) is 0 Å². The third-order valence-electron chi connectivity index (χ3n) is 7.24. The van der Waals surface area contributed by atoms with E-state index in [4.69, 9.17) is 14.8 Å². The molecule has 0 spiro atoms. The van der Waals surface area contributed by atoms with Crippen LogP contribution in [0.5, 0.6) is 5.75 Å². The van der Waals surface area contributed by atoms with E-state index in [9.17, 15) is 4.79 Å². The van der Waals surface area contributed by atoms with Crippen molar-refractivity contribution in [3.63, 3.8) is 0 Å². The van der Waals surface area contributed by atoms with Gasteiger partial charge < -0.3 is 14.7 Å². The number of fused-ring (bicyclic) bond motifs is 1. The molecule has 2 heterocycles. The zero-order valence-electron chi connectivity index (χ0n) is 19.8. The van der Waals surface area contributed by atoms with E-state index >= 15 is 4.39 Å². The maximum absolute atomic E-state index is 15.3. The van der Waals surface area contributed by atoms with Gasteiger partial charge in [0.2, 0.25) is 0 Å². The van der Waals surface area contributed by atoms with E-state index in [1.165, 1.54) is 25.3 Å². The lowest BCUT2D eigenvalue weighted by Gasteiger charge is -2.37. The number of hydrogen-bond donors (Lipinski definition) is 1. The highest BCUT2D eigenvalue weighted by Gasteiger charge is 2.27. The number of ether oxygens (including phenoxy) is 1. The van der Waals surface area contributed by atoms with Crippen molar-refractivity contribution in [2.24, 2.45) is 11.8 Å². The Morgan fingerprint density at radius 2 is 1.91 bits per heavy atom. The molecule has 1 unspecified atom stereocenters. The molecule has 0 bridgehead atoms. The highest BCUT2D eigenvalue weighted by Crippen LogP contribution is 2.31. The average Bonchev–Trinajstić information content (AvgIpc) is 2.83. The number of rotatable bonds is 8. The summed E-state index contributed by atoms with van der Waals surface area (Å²) in [6.07, 6.45) is 6.14. The number of likely N-dealkylation sites (tertiary alicyclic amines) is 1. The Kier molecular flexibility index (Phi) is 7.51. The van der Waals surface area contributed by atoms with Crippen LogP contribution in [-0.4, -0.2) is 52.4 Å². The third kappa shape index (κ3) is 5.44. The number of piperidine rings is 1. The molecule has 1 aliphatic carbocycles. The van der Waals surface area contributed by atoms with Crippen LogP contribution in [0.2, 0.25) is 0 Å². The fourth-order valence-electron chi connectivity index (χ4n) is 5.26. The quantitative estimate of drug-likeness (QED) is 0.440. The largest absolute Gasteiger partial charge is 0.491 e.